The van der Waals surface area contributed by atoms with Crippen LogP contribution in [0.2, 0.25) is 0 Å². The lowest BCUT2D eigenvalue weighted by atomic mass is 9.86. The number of piperidine rings is 1. The molecule has 1 fully saturated rings. The first-order valence-electron chi connectivity index (χ1n) is 13.4. The Balaban J connectivity index is 1.35. The van der Waals surface area contributed by atoms with E-state index in [1.165, 1.54) is 26.3 Å². The van der Waals surface area contributed by atoms with Gasteiger partial charge in [0.25, 0.3) is 0 Å². The predicted molar refractivity (Wildman–Crippen MR) is 152 cm³/mol. The third-order valence-electron chi connectivity index (χ3n) is 7.68. The second-order valence-electron chi connectivity index (χ2n) is 10.1. The van der Waals surface area contributed by atoms with Crippen molar-refractivity contribution in [1.29, 1.82) is 0 Å². The van der Waals surface area contributed by atoms with Gasteiger partial charge in [0.1, 0.15) is 23.9 Å². The number of aromatic hydroxyl groups is 1. The van der Waals surface area contributed by atoms with Crippen molar-refractivity contribution in [3.05, 3.63) is 83.9 Å². The van der Waals surface area contributed by atoms with Crippen molar-refractivity contribution in [2.45, 2.75) is 30.3 Å². The molecule has 1 unspecified atom stereocenters. The van der Waals surface area contributed by atoms with E-state index in [1.54, 1.807) is 30.3 Å². The van der Waals surface area contributed by atoms with Crippen molar-refractivity contribution in [1.82, 2.24) is 9.62 Å². The molecule has 0 amide bonds. The van der Waals surface area contributed by atoms with Crippen LogP contribution in [-0.2, 0) is 10.0 Å². The third kappa shape index (κ3) is 5.07. The zero-order valence-electron chi connectivity index (χ0n) is 21.9. The lowest BCUT2D eigenvalue weighted by molar-refractivity contribution is 0.183. The molecule has 0 spiro atoms. The van der Waals surface area contributed by atoms with E-state index >= 15 is 0 Å². The maximum Gasteiger partial charge on any atom is 0.240 e. The molecule has 4 aromatic carbocycles. The summed E-state index contributed by atoms with van der Waals surface area (Å²) in [6, 6.07) is 22.2. The maximum atomic E-state index is 12.5. The minimum atomic E-state index is -3.63. The van der Waals surface area contributed by atoms with Crippen LogP contribution < -0.4 is 14.2 Å². The number of rotatable bonds is 7. The molecule has 0 bridgehead atoms. The number of phenolic OH excluding ortho intramolecular Hbond substituents is 1. The molecule has 6 rings (SSSR count). The van der Waals surface area contributed by atoms with Crippen LogP contribution in [0.3, 0.4) is 0 Å². The second-order valence-corrected chi connectivity index (χ2v) is 12.0. The Kier molecular flexibility index (Phi) is 6.93. The fraction of sp³-hybridized carbons (Fsp3) is 0.290. The van der Waals surface area contributed by atoms with Crippen molar-refractivity contribution < 1.29 is 23.0 Å². The van der Waals surface area contributed by atoms with Gasteiger partial charge in [-0.3, -0.25) is 4.90 Å². The van der Waals surface area contributed by atoms with Crippen LogP contribution in [0.1, 0.15) is 36.5 Å². The van der Waals surface area contributed by atoms with Crippen LogP contribution in [0.15, 0.2) is 77.7 Å². The van der Waals surface area contributed by atoms with Crippen molar-refractivity contribution in [2.24, 2.45) is 0 Å². The number of benzene rings is 4. The average molecular weight is 545 g/mol. The van der Waals surface area contributed by atoms with Crippen LogP contribution in [0.4, 0.5) is 0 Å². The maximum absolute atomic E-state index is 12.5. The quantitative estimate of drug-likeness (QED) is 0.321. The Morgan fingerprint density at radius 3 is 2.49 bits per heavy atom. The van der Waals surface area contributed by atoms with E-state index in [0.717, 1.165) is 58.4 Å². The van der Waals surface area contributed by atoms with Gasteiger partial charge >= 0.3 is 0 Å². The molecule has 0 radical (unpaired) electrons. The molecule has 8 heteroatoms. The van der Waals surface area contributed by atoms with Crippen LogP contribution in [0.25, 0.3) is 21.9 Å². The van der Waals surface area contributed by atoms with Crippen LogP contribution in [0.5, 0.6) is 17.2 Å². The van der Waals surface area contributed by atoms with E-state index in [9.17, 15) is 13.5 Å². The number of ether oxygens (including phenoxy) is 2. The molecule has 1 atom stereocenters. The summed E-state index contributed by atoms with van der Waals surface area (Å²) >= 11 is 0. The number of sulfonamides is 1. The smallest absolute Gasteiger partial charge is 0.240 e. The summed E-state index contributed by atoms with van der Waals surface area (Å²) in [5.74, 6) is 1.50. The minimum absolute atomic E-state index is 0.147. The average Bonchev–Trinajstić information content (AvgIpc) is 2.97. The zero-order valence-corrected chi connectivity index (χ0v) is 22.7. The van der Waals surface area contributed by atoms with E-state index < -0.39 is 16.1 Å². The Labute approximate surface area is 229 Å². The number of hydrogen-bond acceptors (Lipinski definition) is 6. The van der Waals surface area contributed by atoms with Gasteiger partial charge in [0.05, 0.1) is 4.90 Å². The Morgan fingerprint density at radius 1 is 0.949 bits per heavy atom. The largest absolute Gasteiger partial charge is 0.508 e. The molecule has 2 N–H and O–H groups in total. The summed E-state index contributed by atoms with van der Waals surface area (Å²) < 4.78 is 40.0. The van der Waals surface area contributed by atoms with Gasteiger partial charge in [0.15, 0.2) is 6.10 Å². The topological polar surface area (TPSA) is 88.1 Å². The molecule has 4 aromatic rings. The Morgan fingerprint density at radius 2 is 1.72 bits per heavy atom. The minimum Gasteiger partial charge on any atom is -0.508 e. The monoisotopic (exact) mass is 544 g/mol. The van der Waals surface area contributed by atoms with Gasteiger partial charge in [0.2, 0.25) is 10.0 Å². The summed E-state index contributed by atoms with van der Waals surface area (Å²) in [7, 11) is -2.24. The van der Waals surface area contributed by atoms with Gasteiger partial charge in [-0.1, -0.05) is 36.8 Å². The molecule has 1 saturated heterocycles. The molecule has 39 heavy (non-hydrogen) atoms. The molecule has 2 aliphatic rings. The van der Waals surface area contributed by atoms with Crippen LogP contribution in [0, 0.1) is 0 Å². The fourth-order valence-corrected chi connectivity index (χ4v) is 6.35. The van der Waals surface area contributed by atoms with E-state index in [4.69, 9.17) is 9.47 Å². The number of nitrogens with zero attached hydrogens (tertiary/aromatic N) is 1. The van der Waals surface area contributed by atoms with E-state index in [2.05, 4.69) is 9.62 Å². The zero-order chi connectivity index (χ0) is 27.0. The van der Waals surface area contributed by atoms with E-state index in [0.29, 0.717) is 12.4 Å². The van der Waals surface area contributed by atoms with E-state index in [1.807, 2.05) is 42.5 Å². The van der Waals surface area contributed by atoms with Crippen molar-refractivity contribution >= 4 is 20.8 Å². The molecule has 0 aromatic heterocycles. The highest BCUT2D eigenvalue weighted by molar-refractivity contribution is 7.89. The number of nitrogens with one attached hydrogen (secondary N) is 1. The molecular formula is C31H32N2O5S. The summed E-state index contributed by atoms with van der Waals surface area (Å²) in [6.45, 7) is 3.86. The lowest BCUT2D eigenvalue weighted by Crippen LogP contribution is -2.33. The van der Waals surface area contributed by atoms with Crippen LogP contribution in [-0.4, -0.2) is 51.7 Å². The highest BCUT2D eigenvalue weighted by Crippen LogP contribution is 2.48. The molecule has 202 valence electrons. The third-order valence-corrected chi connectivity index (χ3v) is 9.09. The molecule has 0 saturated carbocycles. The van der Waals surface area contributed by atoms with Gasteiger partial charge < -0.3 is 14.6 Å². The fourth-order valence-electron chi connectivity index (χ4n) is 5.60. The molecule has 2 heterocycles. The molecule has 2 aliphatic heterocycles. The summed E-state index contributed by atoms with van der Waals surface area (Å²) in [6.07, 6.45) is 3.36. The summed E-state index contributed by atoms with van der Waals surface area (Å²) in [5.41, 5.74) is 3.69. The highest BCUT2D eigenvalue weighted by Gasteiger charge is 2.30. The number of likely N-dealkylation sites (tertiary alicyclic amines) is 1. The molecule has 0 aliphatic carbocycles. The lowest BCUT2D eigenvalue weighted by Gasteiger charge is -2.31. The summed E-state index contributed by atoms with van der Waals surface area (Å²) in [5, 5.41) is 11.9. The highest BCUT2D eigenvalue weighted by atomic mass is 32.2. The number of hydrogen-bond donors (Lipinski definition) is 2. The Bertz CT molecular complexity index is 1610. The molecule has 7 nitrogen and oxygen atoms in total. The van der Waals surface area contributed by atoms with Gasteiger partial charge in [-0.25, -0.2) is 13.1 Å². The SMILES string of the molecule is CNS(=O)(=O)c1ccc2c(c1)OC(c1ccc(OCCN3CCCCC3)cc1)c1c-2ccc2cc(O)ccc12. The molecular weight excluding hydrogens is 512 g/mol. The van der Waals surface area contributed by atoms with Crippen molar-refractivity contribution in [3.8, 4) is 28.4 Å². The first kappa shape index (κ1) is 25.7. The Hall–Kier alpha value is -3.59. The first-order valence-corrected chi connectivity index (χ1v) is 14.9. The normalized spacial score (nSPS) is 17.3. The first-order chi connectivity index (χ1) is 18.9. The van der Waals surface area contributed by atoms with Gasteiger partial charge in [-0.2, -0.15) is 0 Å². The van der Waals surface area contributed by atoms with Gasteiger partial charge in [-0.05, 0) is 91.3 Å². The number of fused-ring (bicyclic) bond motifs is 5. The van der Waals surface area contributed by atoms with Crippen molar-refractivity contribution in [2.75, 3.05) is 33.3 Å². The van der Waals surface area contributed by atoms with Crippen LogP contribution >= 0.6 is 0 Å². The second kappa shape index (κ2) is 10.5. The predicted octanol–water partition coefficient (Wildman–Crippen LogP) is 5.47. The van der Waals surface area contributed by atoms with Gasteiger partial charge in [0, 0.05) is 23.7 Å². The van der Waals surface area contributed by atoms with Crippen molar-refractivity contribution in [3.63, 3.8) is 0 Å². The standard InChI is InChI=1S/C31H32N2O5S/c1-32-39(35,36)25-11-14-27-28-12-7-22-19-23(34)8-13-26(22)30(28)31(38-29(27)20-25)21-5-9-24(10-6-21)37-18-17-33-15-3-2-4-16-33/h5-14,19-20,31-32,34H,2-4,15-18H2,1H3. The summed E-state index contributed by atoms with van der Waals surface area (Å²) in [4.78, 5) is 2.60. The van der Waals surface area contributed by atoms with E-state index in [-0.39, 0.29) is 10.6 Å². The van der Waals surface area contributed by atoms with Gasteiger partial charge in [-0.15, -0.1) is 0 Å². The number of phenols is 1.